The van der Waals surface area contributed by atoms with E-state index in [0.29, 0.717) is 12.3 Å². The molecule has 0 radical (unpaired) electrons. The normalized spacial score (nSPS) is 42.4. The van der Waals surface area contributed by atoms with E-state index in [9.17, 15) is 0 Å². The molecular weight excluding hydrogens is 176 g/mol. The molecule has 0 aromatic carbocycles. The monoisotopic (exact) mass is 198 g/mol. The van der Waals surface area contributed by atoms with Crippen LogP contribution in [0.4, 0.5) is 0 Å². The molecular formula is C10H22N4. The van der Waals surface area contributed by atoms with E-state index in [4.69, 9.17) is 0 Å². The minimum atomic E-state index is 0.221. The Labute approximate surface area is 86.6 Å². The highest BCUT2D eigenvalue weighted by molar-refractivity contribution is 5.03. The lowest BCUT2D eigenvalue weighted by Crippen LogP contribution is -2.33. The molecule has 0 aliphatic carbocycles. The first kappa shape index (κ1) is 10.4. The smallest absolute Gasteiger partial charge is 0.118 e. The fraction of sp³-hybridized carbons (Fsp3) is 1.00. The van der Waals surface area contributed by atoms with Crippen LogP contribution < -0.4 is 10.9 Å². The molecule has 82 valence electrons. The van der Waals surface area contributed by atoms with Crippen molar-refractivity contribution in [2.24, 2.45) is 0 Å². The third kappa shape index (κ3) is 1.80. The van der Waals surface area contributed by atoms with Crippen LogP contribution >= 0.6 is 0 Å². The molecule has 4 atom stereocenters. The predicted molar refractivity (Wildman–Crippen MR) is 57.0 cm³/mol. The second kappa shape index (κ2) is 2.70. The first-order chi connectivity index (χ1) is 6.21. The number of nitrogens with one attached hydrogen (secondary N) is 2. The summed E-state index contributed by atoms with van der Waals surface area (Å²) in [5, 5.41) is 4.60. The average Bonchev–Trinajstić information content (AvgIpc) is 2.76. The number of hydrazine groups is 2. The summed E-state index contributed by atoms with van der Waals surface area (Å²) in [7, 11) is 0. The lowest BCUT2D eigenvalue weighted by atomic mass is 10.1. The molecule has 2 heterocycles. The van der Waals surface area contributed by atoms with Gasteiger partial charge in [0.2, 0.25) is 0 Å². The maximum absolute atomic E-state index is 3.40. The van der Waals surface area contributed by atoms with Gasteiger partial charge in [-0.2, -0.15) is 0 Å². The zero-order valence-electron chi connectivity index (χ0n) is 10.0. The maximum Gasteiger partial charge on any atom is 0.118 e. The van der Waals surface area contributed by atoms with Crippen LogP contribution in [-0.4, -0.2) is 33.4 Å². The third-order valence-corrected chi connectivity index (χ3v) is 2.71. The average molecular weight is 198 g/mol. The Morgan fingerprint density at radius 2 is 1.00 bits per heavy atom. The van der Waals surface area contributed by atoms with E-state index in [1.54, 1.807) is 0 Å². The van der Waals surface area contributed by atoms with Gasteiger partial charge in [-0.05, 0) is 41.5 Å². The summed E-state index contributed by atoms with van der Waals surface area (Å²) in [6.45, 7) is 13.4. The molecule has 2 aliphatic heterocycles. The molecule has 0 aromatic rings. The minimum Gasteiger partial charge on any atom is -0.231 e. The van der Waals surface area contributed by atoms with Crippen molar-refractivity contribution in [2.75, 3.05) is 0 Å². The molecule has 0 saturated carbocycles. The van der Waals surface area contributed by atoms with Gasteiger partial charge in [0.15, 0.2) is 0 Å². The van der Waals surface area contributed by atoms with Crippen molar-refractivity contribution in [2.45, 2.75) is 65.0 Å². The molecule has 2 saturated heterocycles. The Bertz CT molecular complexity index is 211. The summed E-state index contributed by atoms with van der Waals surface area (Å²) >= 11 is 0. The molecule has 0 aromatic heterocycles. The van der Waals surface area contributed by atoms with Gasteiger partial charge >= 0.3 is 0 Å². The first-order valence-corrected chi connectivity index (χ1v) is 5.32. The van der Waals surface area contributed by atoms with Gasteiger partial charge in [-0.25, -0.2) is 20.9 Å². The summed E-state index contributed by atoms with van der Waals surface area (Å²) < 4.78 is 0. The zero-order chi connectivity index (χ0) is 10.7. The Hall–Kier alpha value is -0.160. The van der Waals surface area contributed by atoms with Gasteiger partial charge in [-0.3, -0.25) is 0 Å². The van der Waals surface area contributed by atoms with Gasteiger partial charge in [0, 0.05) is 11.1 Å². The molecule has 2 unspecified atom stereocenters. The Morgan fingerprint density at radius 3 is 1.14 bits per heavy atom. The molecule has 2 fully saturated rings. The summed E-state index contributed by atoms with van der Waals surface area (Å²) in [6, 6.07) is 0. The summed E-state index contributed by atoms with van der Waals surface area (Å²) in [5.41, 5.74) is 7.25. The van der Waals surface area contributed by atoms with Crippen LogP contribution in [0.15, 0.2) is 0 Å². The van der Waals surface area contributed by atoms with Gasteiger partial charge in [0.1, 0.15) is 12.3 Å². The molecule has 0 spiro atoms. The van der Waals surface area contributed by atoms with Crippen molar-refractivity contribution < 1.29 is 0 Å². The summed E-state index contributed by atoms with van der Waals surface area (Å²) in [4.78, 5) is 0. The van der Waals surface area contributed by atoms with Crippen molar-refractivity contribution in [3.63, 3.8) is 0 Å². The molecule has 0 bridgehead atoms. The third-order valence-electron chi connectivity index (χ3n) is 2.71. The van der Waals surface area contributed by atoms with Gasteiger partial charge < -0.3 is 0 Å². The fourth-order valence-electron chi connectivity index (χ4n) is 1.86. The lowest BCUT2D eigenvalue weighted by Gasteiger charge is -2.20. The molecule has 2 rings (SSSR count). The largest absolute Gasteiger partial charge is 0.231 e. The molecule has 2 aliphatic rings. The van der Waals surface area contributed by atoms with E-state index < -0.39 is 0 Å². The van der Waals surface area contributed by atoms with Gasteiger partial charge in [0.25, 0.3) is 0 Å². The van der Waals surface area contributed by atoms with Crippen LogP contribution in [0.2, 0.25) is 0 Å². The zero-order valence-corrected chi connectivity index (χ0v) is 10.0. The van der Waals surface area contributed by atoms with Crippen LogP contribution in [-0.2, 0) is 0 Å². The quantitative estimate of drug-likeness (QED) is 0.614. The van der Waals surface area contributed by atoms with E-state index in [-0.39, 0.29) is 11.1 Å². The minimum absolute atomic E-state index is 0.221. The topological polar surface area (TPSA) is 49.9 Å². The van der Waals surface area contributed by atoms with Crippen LogP contribution in [0.1, 0.15) is 41.5 Å². The van der Waals surface area contributed by atoms with Crippen LogP contribution in [0.3, 0.4) is 0 Å². The second-order valence-corrected chi connectivity index (χ2v) is 6.23. The molecule has 4 nitrogen and oxygen atoms in total. The van der Waals surface area contributed by atoms with E-state index in [0.717, 1.165) is 0 Å². The number of hydrogen-bond donors (Lipinski definition) is 2. The lowest BCUT2D eigenvalue weighted by molar-refractivity contribution is 0.235. The van der Waals surface area contributed by atoms with Crippen molar-refractivity contribution in [3.8, 4) is 0 Å². The van der Waals surface area contributed by atoms with E-state index in [2.05, 4.69) is 62.4 Å². The van der Waals surface area contributed by atoms with Crippen molar-refractivity contribution in [3.05, 3.63) is 0 Å². The fourth-order valence-corrected chi connectivity index (χ4v) is 1.86. The Morgan fingerprint density at radius 1 is 0.714 bits per heavy atom. The molecule has 0 amide bonds. The van der Waals surface area contributed by atoms with Gasteiger partial charge in [-0.15, -0.1) is 0 Å². The maximum atomic E-state index is 3.40. The van der Waals surface area contributed by atoms with Crippen LogP contribution in [0.25, 0.3) is 0 Å². The Kier molecular flexibility index (Phi) is 2.00. The predicted octanol–water partition coefficient (Wildman–Crippen LogP) is 0.876. The highest BCUT2D eigenvalue weighted by Crippen LogP contribution is 2.34. The van der Waals surface area contributed by atoms with Crippen LogP contribution in [0.5, 0.6) is 0 Å². The standard InChI is InChI=1S/C10H22N4/c1-9(2,3)13-7(11-13)8-12-14(8)10(4,5)6/h7-8,11-12H,1-6H3/t7-,8-,13?,14?/m1/s1. The molecule has 14 heavy (non-hydrogen) atoms. The number of rotatable bonds is 1. The molecule has 4 heteroatoms. The second-order valence-electron chi connectivity index (χ2n) is 6.23. The summed E-state index contributed by atoms with van der Waals surface area (Å²) in [6.07, 6.45) is 0.962. The number of hydrogen-bond acceptors (Lipinski definition) is 4. The highest BCUT2D eigenvalue weighted by atomic mass is 15.9. The van der Waals surface area contributed by atoms with E-state index >= 15 is 0 Å². The summed E-state index contributed by atoms with van der Waals surface area (Å²) in [5.74, 6) is 0. The first-order valence-electron chi connectivity index (χ1n) is 5.32. The van der Waals surface area contributed by atoms with Crippen LogP contribution in [0, 0.1) is 0 Å². The van der Waals surface area contributed by atoms with Crippen molar-refractivity contribution >= 4 is 0 Å². The van der Waals surface area contributed by atoms with Gasteiger partial charge in [0.05, 0.1) is 0 Å². The SMILES string of the molecule is CC(C)(C)N1N[C@H]1[C@@H]1NN1C(C)(C)C. The van der Waals surface area contributed by atoms with Crippen molar-refractivity contribution in [1.29, 1.82) is 0 Å². The molecule has 2 N–H and O–H groups in total. The van der Waals surface area contributed by atoms with Gasteiger partial charge in [-0.1, -0.05) is 0 Å². The van der Waals surface area contributed by atoms with Crippen molar-refractivity contribution in [1.82, 2.24) is 20.9 Å². The Balaban J connectivity index is 1.87. The van der Waals surface area contributed by atoms with E-state index in [1.165, 1.54) is 0 Å². The van der Waals surface area contributed by atoms with E-state index in [1.807, 2.05) is 0 Å². The number of nitrogens with zero attached hydrogens (tertiary/aromatic N) is 2. The highest BCUT2D eigenvalue weighted by Gasteiger charge is 2.57.